The van der Waals surface area contributed by atoms with Crippen LogP contribution in [0.3, 0.4) is 0 Å². The second-order valence-corrected chi connectivity index (χ2v) is 3.53. The van der Waals surface area contributed by atoms with E-state index in [-0.39, 0.29) is 12.5 Å². The van der Waals surface area contributed by atoms with Crippen molar-refractivity contribution in [1.82, 2.24) is 5.32 Å². The van der Waals surface area contributed by atoms with Crippen LogP contribution < -0.4 is 11.1 Å². The molecule has 0 bridgehead atoms. The Bertz CT molecular complexity index is 410. The highest BCUT2D eigenvalue weighted by atomic mass is 16.5. The number of aryl methyl sites for hydroxylation is 1. The standard InChI is InChI=1S/C12H16N2O3/c1-3-17-10(15)7-14-12(16)11-8(2)5-4-6-9(11)13/h4-6H,3,7,13H2,1-2H3,(H,14,16). The first-order chi connectivity index (χ1) is 8.06. The van der Waals surface area contributed by atoms with E-state index in [0.717, 1.165) is 5.56 Å². The van der Waals surface area contributed by atoms with Crippen LogP contribution in [-0.2, 0) is 9.53 Å². The molecular formula is C12H16N2O3. The molecular weight excluding hydrogens is 220 g/mol. The summed E-state index contributed by atoms with van der Waals surface area (Å²) >= 11 is 0. The summed E-state index contributed by atoms with van der Waals surface area (Å²) in [5.41, 5.74) is 7.27. The molecule has 0 saturated carbocycles. The summed E-state index contributed by atoms with van der Waals surface area (Å²) in [5, 5.41) is 2.47. The van der Waals surface area contributed by atoms with Gasteiger partial charge in [0, 0.05) is 5.69 Å². The lowest BCUT2D eigenvalue weighted by molar-refractivity contribution is -0.141. The Labute approximate surface area is 99.9 Å². The fourth-order valence-corrected chi connectivity index (χ4v) is 1.45. The highest BCUT2D eigenvalue weighted by Gasteiger charge is 2.13. The Balaban J connectivity index is 2.68. The zero-order valence-corrected chi connectivity index (χ0v) is 9.95. The molecule has 0 aliphatic rings. The summed E-state index contributed by atoms with van der Waals surface area (Å²) in [6.45, 7) is 3.64. The first-order valence-electron chi connectivity index (χ1n) is 5.35. The van der Waals surface area contributed by atoms with Crippen molar-refractivity contribution >= 4 is 17.6 Å². The van der Waals surface area contributed by atoms with Gasteiger partial charge in [-0.1, -0.05) is 12.1 Å². The molecule has 0 saturated heterocycles. The molecule has 0 aliphatic heterocycles. The number of rotatable bonds is 4. The van der Waals surface area contributed by atoms with E-state index in [1.807, 2.05) is 0 Å². The van der Waals surface area contributed by atoms with E-state index in [2.05, 4.69) is 5.32 Å². The van der Waals surface area contributed by atoms with Crippen LogP contribution in [0.25, 0.3) is 0 Å². The van der Waals surface area contributed by atoms with Crippen molar-refractivity contribution in [3.8, 4) is 0 Å². The smallest absolute Gasteiger partial charge is 0.325 e. The number of hydrogen-bond acceptors (Lipinski definition) is 4. The molecule has 5 heteroatoms. The lowest BCUT2D eigenvalue weighted by Gasteiger charge is -2.09. The summed E-state index contributed by atoms with van der Waals surface area (Å²) in [5.74, 6) is -0.832. The maximum atomic E-state index is 11.8. The fraction of sp³-hybridized carbons (Fsp3) is 0.333. The Morgan fingerprint density at radius 1 is 1.41 bits per heavy atom. The molecule has 0 aliphatic carbocycles. The quantitative estimate of drug-likeness (QED) is 0.600. The molecule has 5 nitrogen and oxygen atoms in total. The van der Waals surface area contributed by atoms with E-state index in [4.69, 9.17) is 10.5 Å². The van der Waals surface area contributed by atoms with Gasteiger partial charge in [-0.25, -0.2) is 0 Å². The van der Waals surface area contributed by atoms with Gasteiger partial charge in [0.1, 0.15) is 6.54 Å². The monoisotopic (exact) mass is 236 g/mol. The molecule has 0 spiro atoms. The minimum atomic E-state index is -0.465. The summed E-state index contributed by atoms with van der Waals surface area (Å²) in [4.78, 5) is 22.9. The largest absolute Gasteiger partial charge is 0.465 e. The van der Waals surface area contributed by atoms with Crippen molar-refractivity contribution in [2.24, 2.45) is 0 Å². The van der Waals surface area contributed by atoms with E-state index in [0.29, 0.717) is 17.9 Å². The van der Waals surface area contributed by atoms with Crippen molar-refractivity contribution in [2.75, 3.05) is 18.9 Å². The molecule has 3 N–H and O–H groups in total. The van der Waals surface area contributed by atoms with Gasteiger partial charge in [-0.2, -0.15) is 0 Å². The third kappa shape index (κ3) is 3.48. The van der Waals surface area contributed by atoms with Crippen molar-refractivity contribution in [1.29, 1.82) is 0 Å². The van der Waals surface area contributed by atoms with Gasteiger partial charge in [0.05, 0.1) is 12.2 Å². The van der Waals surface area contributed by atoms with Crippen LogP contribution in [0.4, 0.5) is 5.69 Å². The van der Waals surface area contributed by atoms with Crippen LogP contribution in [0.5, 0.6) is 0 Å². The highest BCUT2D eigenvalue weighted by molar-refractivity contribution is 6.01. The number of carbonyl (C=O) groups is 2. The number of benzene rings is 1. The van der Waals surface area contributed by atoms with Gasteiger partial charge in [-0.3, -0.25) is 9.59 Å². The number of nitrogen functional groups attached to an aromatic ring is 1. The van der Waals surface area contributed by atoms with Gasteiger partial charge in [0.15, 0.2) is 0 Å². The van der Waals surface area contributed by atoms with Crippen molar-refractivity contribution in [3.05, 3.63) is 29.3 Å². The zero-order chi connectivity index (χ0) is 12.8. The van der Waals surface area contributed by atoms with E-state index >= 15 is 0 Å². The van der Waals surface area contributed by atoms with Gasteiger partial charge in [0.25, 0.3) is 5.91 Å². The maximum Gasteiger partial charge on any atom is 0.325 e. The van der Waals surface area contributed by atoms with Gasteiger partial charge in [0.2, 0.25) is 0 Å². The average Bonchev–Trinajstić information content (AvgIpc) is 2.26. The van der Waals surface area contributed by atoms with Crippen LogP contribution in [0, 0.1) is 6.92 Å². The predicted octanol–water partition coefficient (Wildman–Crippen LogP) is 0.870. The number of esters is 1. The molecule has 17 heavy (non-hydrogen) atoms. The molecule has 0 unspecified atom stereocenters. The summed E-state index contributed by atoms with van der Waals surface area (Å²) in [6, 6.07) is 5.20. The summed E-state index contributed by atoms with van der Waals surface area (Å²) in [6.07, 6.45) is 0. The van der Waals surface area contributed by atoms with Gasteiger partial charge < -0.3 is 15.8 Å². The lowest BCUT2D eigenvalue weighted by atomic mass is 10.1. The van der Waals surface area contributed by atoms with Gasteiger partial charge >= 0.3 is 5.97 Å². The molecule has 1 aromatic rings. The van der Waals surface area contributed by atoms with E-state index in [1.165, 1.54) is 0 Å². The van der Waals surface area contributed by atoms with Crippen LogP contribution in [0.1, 0.15) is 22.8 Å². The molecule has 0 aromatic heterocycles. The Morgan fingerprint density at radius 3 is 2.71 bits per heavy atom. The SMILES string of the molecule is CCOC(=O)CNC(=O)c1c(C)cccc1N. The number of carbonyl (C=O) groups excluding carboxylic acids is 2. The molecule has 0 fully saturated rings. The summed E-state index contributed by atoms with van der Waals surface area (Å²) in [7, 11) is 0. The van der Waals surface area contributed by atoms with Gasteiger partial charge in [-0.05, 0) is 25.5 Å². The van der Waals surface area contributed by atoms with Crippen molar-refractivity contribution < 1.29 is 14.3 Å². The van der Waals surface area contributed by atoms with E-state index in [9.17, 15) is 9.59 Å². The number of amides is 1. The average molecular weight is 236 g/mol. The Hall–Kier alpha value is -2.04. The predicted molar refractivity (Wildman–Crippen MR) is 64.6 cm³/mol. The molecule has 92 valence electrons. The Morgan fingerprint density at radius 2 is 2.12 bits per heavy atom. The third-order valence-corrected chi connectivity index (χ3v) is 2.23. The fourth-order valence-electron chi connectivity index (χ4n) is 1.45. The van der Waals surface area contributed by atoms with Crippen LogP contribution in [-0.4, -0.2) is 25.0 Å². The number of nitrogens with two attached hydrogens (primary N) is 1. The minimum absolute atomic E-state index is 0.152. The second-order valence-electron chi connectivity index (χ2n) is 3.53. The third-order valence-electron chi connectivity index (χ3n) is 2.23. The highest BCUT2D eigenvalue weighted by Crippen LogP contribution is 2.15. The topological polar surface area (TPSA) is 81.4 Å². The van der Waals surface area contributed by atoms with Crippen LogP contribution in [0.2, 0.25) is 0 Å². The zero-order valence-electron chi connectivity index (χ0n) is 9.95. The molecule has 1 aromatic carbocycles. The second kappa shape index (κ2) is 5.89. The van der Waals surface area contributed by atoms with Crippen molar-refractivity contribution in [3.63, 3.8) is 0 Å². The van der Waals surface area contributed by atoms with Crippen molar-refractivity contribution in [2.45, 2.75) is 13.8 Å². The lowest BCUT2D eigenvalue weighted by Crippen LogP contribution is -2.31. The Kier molecular flexibility index (Phi) is 4.51. The molecule has 0 atom stereocenters. The number of nitrogens with one attached hydrogen (secondary N) is 1. The first kappa shape index (κ1) is 13.0. The first-order valence-corrected chi connectivity index (χ1v) is 5.35. The van der Waals surface area contributed by atoms with Crippen LogP contribution in [0.15, 0.2) is 18.2 Å². The van der Waals surface area contributed by atoms with Gasteiger partial charge in [-0.15, -0.1) is 0 Å². The van der Waals surface area contributed by atoms with Crippen LogP contribution >= 0.6 is 0 Å². The summed E-state index contributed by atoms with van der Waals surface area (Å²) < 4.78 is 4.70. The number of hydrogen-bond donors (Lipinski definition) is 2. The molecule has 0 radical (unpaired) electrons. The molecule has 0 heterocycles. The minimum Gasteiger partial charge on any atom is -0.465 e. The number of anilines is 1. The van der Waals surface area contributed by atoms with E-state index in [1.54, 1.807) is 32.0 Å². The number of ether oxygens (including phenoxy) is 1. The normalized spacial score (nSPS) is 9.76. The maximum absolute atomic E-state index is 11.8. The molecule has 1 rings (SSSR count). The molecule has 1 amide bonds. The van der Waals surface area contributed by atoms with E-state index < -0.39 is 5.97 Å².